The normalized spacial score (nSPS) is 15.7. The van der Waals surface area contributed by atoms with E-state index in [0.717, 1.165) is 38.3 Å². The van der Waals surface area contributed by atoms with Crippen LogP contribution in [0.5, 0.6) is 17.2 Å². The lowest BCUT2D eigenvalue weighted by molar-refractivity contribution is -0.148. The molecule has 0 unspecified atom stereocenters. The molecule has 0 saturated carbocycles. The summed E-state index contributed by atoms with van der Waals surface area (Å²) in [5, 5.41) is 8.83. The summed E-state index contributed by atoms with van der Waals surface area (Å²) in [7, 11) is 4.85. The summed E-state index contributed by atoms with van der Waals surface area (Å²) in [5.41, 5.74) is -0.242. The van der Waals surface area contributed by atoms with Crippen molar-refractivity contribution in [2.45, 2.75) is 58.2 Å². The molecule has 0 bridgehead atoms. The van der Waals surface area contributed by atoms with Gasteiger partial charge in [-0.25, -0.2) is 0 Å². The number of ether oxygens (including phenoxy) is 4. The van der Waals surface area contributed by atoms with Crippen LogP contribution in [0.2, 0.25) is 0 Å². The number of methoxy groups -OCH3 is 3. The Morgan fingerprint density at radius 1 is 0.912 bits per heavy atom. The van der Waals surface area contributed by atoms with Crippen molar-refractivity contribution in [1.29, 1.82) is 0 Å². The Hall–Kier alpha value is -2.36. The molecule has 34 heavy (non-hydrogen) atoms. The number of carboxylic acids is 1. The third-order valence-electron chi connectivity index (χ3n) is 6.43. The number of Topliss-reactive ketones (excluding diaryl/α,β-unsaturated/α-hetero) is 1. The molecule has 9 heteroatoms. The topological polar surface area (TPSA) is 97.8 Å². The monoisotopic (exact) mass is 480 g/mol. The van der Waals surface area contributed by atoms with Crippen molar-refractivity contribution in [3.63, 3.8) is 0 Å². The van der Waals surface area contributed by atoms with Crippen LogP contribution in [0.4, 0.5) is 0 Å². The number of hydrogen-bond acceptors (Lipinski definition) is 8. The Morgan fingerprint density at radius 2 is 1.53 bits per heavy atom. The van der Waals surface area contributed by atoms with Gasteiger partial charge in [0.1, 0.15) is 5.60 Å². The van der Waals surface area contributed by atoms with Crippen molar-refractivity contribution in [3.8, 4) is 17.2 Å². The van der Waals surface area contributed by atoms with E-state index in [1.807, 2.05) is 12.1 Å². The van der Waals surface area contributed by atoms with Crippen LogP contribution in [-0.2, 0) is 20.9 Å². The van der Waals surface area contributed by atoms with Crippen LogP contribution in [0.3, 0.4) is 0 Å². The van der Waals surface area contributed by atoms with Crippen LogP contribution in [-0.4, -0.2) is 91.9 Å². The van der Waals surface area contributed by atoms with Crippen molar-refractivity contribution in [1.82, 2.24) is 9.80 Å². The number of ketones is 1. The van der Waals surface area contributed by atoms with E-state index in [1.54, 1.807) is 35.2 Å². The van der Waals surface area contributed by atoms with E-state index in [1.165, 1.54) is 0 Å². The van der Waals surface area contributed by atoms with Crippen LogP contribution in [0.1, 0.15) is 46.1 Å². The molecule has 1 aliphatic heterocycles. The zero-order chi connectivity index (χ0) is 25.5. The summed E-state index contributed by atoms with van der Waals surface area (Å²) in [6.07, 6.45) is -0.205. The van der Waals surface area contributed by atoms with Crippen LogP contribution in [0.15, 0.2) is 12.1 Å². The van der Waals surface area contributed by atoms with E-state index >= 15 is 0 Å². The third-order valence-corrected chi connectivity index (χ3v) is 6.43. The number of hydrogen-bond donors (Lipinski definition) is 1. The quantitative estimate of drug-likeness (QED) is 0.457. The summed E-state index contributed by atoms with van der Waals surface area (Å²) in [4.78, 5) is 27.9. The highest BCUT2D eigenvalue weighted by molar-refractivity contribution is 5.88. The maximum absolute atomic E-state index is 12.4. The molecule has 1 aromatic carbocycles. The fraction of sp³-hybridized carbons (Fsp3) is 0.680. The van der Waals surface area contributed by atoms with Gasteiger partial charge in [0, 0.05) is 50.2 Å². The third kappa shape index (κ3) is 7.07. The van der Waals surface area contributed by atoms with E-state index in [2.05, 4.69) is 23.6 Å². The van der Waals surface area contributed by atoms with Gasteiger partial charge >= 0.3 is 5.97 Å². The van der Waals surface area contributed by atoms with Gasteiger partial charge in [0.25, 0.3) is 0 Å². The zero-order valence-corrected chi connectivity index (χ0v) is 21.6. The minimum absolute atomic E-state index is 0.0267. The van der Waals surface area contributed by atoms with E-state index in [4.69, 9.17) is 24.1 Å². The molecular formula is C25H40N2O7. The van der Waals surface area contributed by atoms with Crippen LogP contribution < -0.4 is 14.2 Å². The van der Waals surface area contributed by atoms with Gasteiger partial charge in [-0.1, -0.05) is 6.07 Å². The van der Waals surface area contributed by atoms with Gasteiger partial charge in [-0.2, -0.15) is 0 Å². The van der Waals surface area contributed by atoms with Gasteiger partial charge in [-0.3, -0.25) is 19.4 Å². The number of nitrogens with zero attached hydrogens (tertiary/aromatic N) is 2. The number of benzene rings is 1. The zero-order valence-electron chi connectivity index (χ0n) is 21.6. The van der Waals surface area contributed by atoms with E-state index in [0.29, 0.717) is 23.9 Å². The van der Waals surface area contributed by atoms with Gasteiger partial charge in [0.15, 0.2) is 17.3 Å². The van der Waals surface area contributed by atoms with Crippen LogP contribution in [0, 0.1) is 0 Å². The summed E-state index contributed by atoms with van der Waals surface area (Å²) in [6, 6.07) is 3.90. The first-order valence-corrected chi connectivity index (χ1v) is 11.6. The average molecular weight is 481 g/mol. The number of piperazine rings is 1. The fourth-order valence-electron chi connectivity index (χ4n) is 4.09. The molecule has 1 saturated heterocycles. The number of aliphatic carboxylic acids is 1. The average Bonchev–Trinajstić information content (AvgIpc) is 2.81. The molecule has 1 N–H and O–H groups in total. The number of rotatable bonds is 13. The summed E-state index contributed by atoms with van der Waals surface area (Å²) in [6.45, 7) is 12.2. The number of carbonyl (C=O) groups is 2. The maximum Gasteiger partial charge on any atom is 0.303 e. The summed E-state index contributed by atoms with van der Waals surface area (Å²) < 4.78 is 22.5. The molecule has 192 valence electrons. The second kappa shape index (κ2) is 11.9. The van der Waals surface area contributed by atoms with E-state index in [9.17, 15) is 9.59 Å². The molecule has 2 rings (SSSR count). The lowest BCUT2D eigenvalue weighted by Crippen LogP contribution is -2.57. The predicted octanol–water partition coefficient (Wildman–Crippen LogP) is 2.84. The molecule has 0 amide bonds. The first-order valence-electron chi connectivity index (χ1n) is 11.6. The molecule has 9 nitrogen and oxygen atoms in total. The van der Waals surface area contributed by atoms with Crippen molar-refractivity contribution in [2.24, 2.45) is 0 Å². The second-order valence-electron chi connectivity index (χ2n) is 9.68. The molecule has 0 aliphatic carbocycles. The van der Waals surface area contributed by atoms with Crippen molar-refractivity contribution in [3.05, 3.63) is 17.7 Å². The summed E-state index contributed by atoms with van der Waals surface area (Å²) >= 11 is 0. The van der Waals surface area contributed by atoms with Crippen molar-refractivity contribution < 1.29 is 33.6 Å². The van der Waals surface area contributed by atoms with Gasteiger partial charge < -0.3 is 24.1 Å². The molecule has 1 aromatic rings. The minimum Gasteiger partial charge on any atom is -0.493 e. The lowest BCUT2D eigenvalue weighted by Gasteiger charge is -2.45. The smallest absolute Gasteiger partial charge is 0.303 e. The number of carboxylic acid groups (broad SMARTS) is 1. The first kappa shape index (κ1) is 27.9. The Kier molecular flexibility index (Phi) is 9.73. The lowest BCUT2D eigenvalue weighted by atomic mass is 9.97. The molecule has 0 radical (unpaired) electrons. The number of carbonyl (C=O) groups excluding carboxylic acids is 1. The SMILES string of the molecule is COc1ccc(CN2CCN(C(C)(C)COC(C)(C)C(=O)CCC(=O)O)CC2)c(OC)c1OC. The molecule has 1 fully saturated rings. The van der Waals surface area contributed by atoms with Crippen LogP contribution in [0.25, 0.3) is 0 Å². The van der Waals surface area contributed by atoms with Crippen LogP contribution >= 0.6 is 0 Å². The molecule has 1 aliphatic rings. The highest BCUT2D eigenvalue weighted by Crippen LogP contribution is 2.40. The van der Waals surface area contributed by atoms with Gasteiger partial charge in [0.2, 0.25) is 5.75 Å². The molecule has 1 heterocycles. The predicted molar refractivity (Wildman–Crippen MR) is 129 cm³/mol. The van der Waals surface area contributed by atoms with Crippen molar-refractivity contribution in [2.75, 3.05) is 54.1 Å². The summed E-state index contributed by atoms with van der Waals surface area (Å²) in [5.74, 6) is 0.749. The van der Waals surface area contributed by atoms with E-state index < -0.39 is 11.6 Å². The molecular weight excluding hydrogens is 440 g/mol. The highest BCUT2D eigenvalue weighted by atomic mass is 16.5. The first-order chi connectivity index (χ1) is 15.9. The Labute approximate surface area is 202 Å². The van der Waals surface area contributed by atoms with Gasteiger partial charge in [-0.15, -0.1) is 0 Å². The molecule has 0 spiro atoms. The maximum atomic E-state index is 12.4. The van der Waals surface area contributed by atoms with Gasteiger partial charge in [-0.05, 0) is 33.8 Å². The minimum atomic E-state index is -1.02. The Morgan fingerprint density at radius 3 is 2.06 bits per heavy atom. The molecule has 0 aromatic heterocycles. The molecule has 0 atom stereocenters. The van der Waals surface area contributed by atoms with Crippen molar-refractivity contribution >= 4 is 11.8 Å². The highest BCUT2D eigenvalue weighted by Gasteiger charge is 2.35. The fourth-order valence-corrected chi connectivity index (χ4v) is 4.09. The van der Waals surface area contributed by atoms with E-state index in [-0.39, 0.29) is 24.2 Å². The standard InChI is InChI=1S/C25H40N2O7/c1-24(2,17-34-25(3,4)20(28)10-11-21(29)30)27-14-12-26(13-15-27)16-18-8-9-19(31-5)23(33-7)22(18)32-6/h8-9H,10-17H2,1-7H3,(H,29,30). The Balaban J connectivity index is 1.94. The largest absolute Gasteiger partial charge is 0.493 e. The van der Waals surface area contributed by atoms with Gasteiger partial charge in [0.05, 0.1) is 34.4 Å². The Bertz CT molecular complexity index is 846. The second-order valence-corrected chi connectivity index (χ2v) is 9.68.